The molecular formula is C6H4ClF3N2O. The Hall–Kier alpha value is -1.17. The molecule has 2 N–H and O–H groups in total. The van der Waals surface area contributed by atoms with Crippen LogP contribution in [-0.4, -0.2) is 11.3 Å². The third-order valence-corrected chi connectivity index (χ3v) is 1.29. The Bertz CT molecular complexity index is 315. The molecule has 1 rings (SSSR count). The summed E-state index contributed by atoms with van der Waals surface area (Å²) in [6, 6.07) is 2.15. The van der Waals surface area contributed by atoms with E-state index in [-0.39, 0.29) is 5.15 Å². The third kappa shape index (κ3) is 2.98. The van der Waals surface area contributed by atoms with Gasteiger partial charge in [-0.2, -0.15) is 0 Å². The van der Waals surface area contributed by atoms with Gasteiger partial charge in [-0.1, -0.05) is 11.6 Å². The van der Waals surface area contributed by atoms with Gasteiger partial charge in [-0.05, 0) is 12.1 Å². The van der Waals surface area contributed by atoms with E-state index in [1.54, 1.807) is 0 Å². The van der Waals surface area contributed by atoms with Crippen LogP contribution >= 0.6 is 11.6 Å². The van der Waals surface area contributed by atoms with Gasteiger partial charge in [-0.3, -0.25) is 0 Å². The lowest BCUT2D eigenvalue weighted by Gasteiger charge is -2.09. The first kappa shape index (κ1) is 9.91. The van der Waals surface area contributed by atoms with Crippen molar-refractivity contribution in [2.45, 2.75) is 6.36 Å². The minimum atomic E-state index is -4.77. The fraction of sp³-hybridized carbons (Fsp3) is 0.167. The summed E-state index contributed by atoms with van der Waals surface area (Å²) in [4.78, 5) is 3.38. The number of anilines is 1. The molecule has 0 unspecified atom stereocenters. The van der Waals surface area contributed by atoms with Crippen LogP contribution in [0.2, 0.25) is 5.15 Å². The van der Waals surface area contributed by atoms with Gasteiger partial charge < -0.3 is 10.5 Å². The molecule has 1 aromatic rings. The van der Waals surface area contributed by atoms with Crippen molar-refractivity contribution >= 4 is 17.4 Å². The maximum atomic E-state index is 11.7. The van der Waals surface area contributed by atoms with Crippen molar-refractivity contribution < 1.29 is 17.9 Å². The Labute approximate surface area is 76.3 Å². The Morgan fingerprint density at radius 2 is 2.00 bits per heavy atom. The van der Waals surface area contributed by atoms with Crippen LogP contribution in [0.4, 0.5) is 19.0 Å². The zero-order valence-electron chi connectivity index (χ0n) is 6.10. The molecule has 0 fully saturated rings. The summed E-state index contributed by atoms with van der Waals surface area (Å²) in [7, 11) is 0. The van der Waals surface area contributed by atoms with Gasteiger partial charge in [0.15, 0.2) is 11.6 Å². The van der Waals surface area contributed by atoms with Gasteiger partial charge >= 0.3 is 6.36 Å². The number of alkyl halides is 3. The van der Waals surface area contributed by atoms with Crippen LogP contribution in [0.15, 0.2) is 12.1 Å². The number of hydrogen-bond acceptors (Lipinski definition) is 3. The SMILES string of the molecule is Nc1nc(Cl)ccc1OC(F)(F)F. The predicted octanol–water partition coefficient (Wildman–Crippen LogP) is 2.22. The molecule has 0 radical (unpaired) electrons. The second-order valence-electron chi connectivity index (χ2n) is 2.07. The molecule has 13 heavy (non-hydrogen) atoms. The molecule has 0 aromatic carbocycles. The minimum Gasteiger partial charge on any atom is -0.402 e. The number of rotatable bonds is 1. The van der Waals surface area contributed by atoms with Crippen molar-refractivity contribution in [2.75, 3.05) is 5.73 Å². The average molecular weight is 213 g/mol. The molecule has 1 aromatic heterocycles. The van der Waals surface area contributed by atoms with Crippen LogP contribution in [0.25, 0.3) is 0 Å². The Morgan fingerprint density at radius 1 is 1.38 bits per heavy atom. The van der Waals surface area contributed by atoms with Crippen molar-refractivity contribution in [3.8, 4) is 5.75 Å². The second kappa shape index (κ2) is 3.29. The first-order chi connectivity index (χ1) is 5.88. The van der Waals surface area contributed by atoms with Gasteiger partial charge in [0.1, 0.15) is 5.15 Å². The molecule has 0 aliphatic rings. The zero-order chi connectivity index (χ0) is 10.1. The molecular weight excluding hydrogens is 209 g/mol. The standard InChI is InChI=1S/C6H4ClF3N2O/c7-4-2-1-3(5(11)12-4)13-6(8,9)10/h1-2H,(H2,11,12). The maximum absolute atomic E-state index is 11.7. The number of ether oxygens (including phenoxy) is 1. The van der Waals surface area contributed by atoms with Gasteiger partial charge in [0, 0.05) is 0 Å². The number of hydrogen-bond donors (Lipinski definition) is 1. The molecule has 0 atom stereocenters. The lowest BCUT2D eigenvalue weighted by Crippen LogP contribution is -2.18. The Morgan fingerprint density at radius 3 is 2.46 bits per heavy atom. The van der Waals surface area contributed by atoms with Crippen molar-refractivity contribution in [2.24, 2.45) is 0 Å². The van der Waals surface area contributed by atoms with E-state index < -0.39 is 17.9 Å². The van der Waals surface area contributed by atoms with E-state index in [9.17, 15) is 13.2 Å². The fourth-order valence-corrected chi connectivity index (χ4v) is 0.802. The minimum absolute atomic E-state index is 0.00650. The van der Waals surface area contributed by atoms with Crippen LogP contribution in [0, 0.1) is 0 Å². The highest BCUT2D eigenvalue weighted by Crippen LogP contribution is 2.27. The summed E-state index contributed by atoms with van der Waals surface area (Å²) in [5.41, 5.74) is 5.11. The molecule has 0 amide bonds. The normalized spacial score (nSPS) is 11.4. The van der Waals surface area contributed by atoms with Crippen LogP contribution < -0.4 is 10.5 Å². The number of nitrogen functional groups attached to an aromatic ring is 1. The number of pyridine rings is 1. The summed E-state index contributed by atoms with van der Waals surface area (Å²) >= 11 is 5.36. The van der Waals surface area contributed by atoms with Gasteiger partial charge in [-0.15, -0.1) is 13.2 Å². The van der Waals surface area contributed by atoms with E-state index in [4.69, 9.17) is 17.3 Å². The van der Waals surface area contributed by atoms with Crippen LogP contribution in [0.3, 0.4) is 0 Å². The second-order valence-corrected chi connectivity index (χ2v) is 2.45. The van der Waals surface area contributed by atoms with E-state index in [0.29, 0.717) is 0 Å². The van der Waals surface area contributed by atoms with Gasteiger partial charge in [0.05, 0.1) is 0 Å². The molecule has 0 aliphatic carbocycles. The van der Waals surface area contributed by atoms with Gasteiger partial charge in [0.25, 0.3) is 0 Å². The number of nitrogens with two attached hydrogens (primary N) is 1. The van der Waals surface area contributed by atoms with Gasteiger partial charge in [-0.25, -0.2) is 4.98 Å². The number of nitrogens with zero attached hydrogens (tertiary/aromatic N) is 1. The van der Waals surface area contributed by atoms with Crippen molar-refractivity contribution in [3.63, 3.8) is 0 Å². The average Bonchev–Trinajstić information content (AvgIpc) is 1.93. The lowest BCUT2D eigenvalue weighted by atomic mass is 10.4. The maximum Gasteiger partial charge on any atom is 0.573 e. The van der Waals surface area contributed by atoms with Crippen molar-refractivity contribution in [3.05, 3.63) is 17.3 Å². The van der Waals surface area contributed by atoms with Crippen molar-refractivity contribution in [1.29, 1.82) is 0 Å². The molecule has 1 heterocycles. The summed E-state index contributed by atoms with van der Waals surface area (Å²) in [6.45, 7) is 0. The molecule has 0 saturated heterocycles. The summed E-state index contributed by atoms with van der Waals surface area (Å²) in [5.74, 6) is -0.957. The highest BCUT2D eigenvalue weighted by Gasteiger charge is 2.32. The summed E-state index contributed by atoms with van der Waals surface area (Å²) < 4.78 is 38.6. The topological polar surface area (TPSA) is 48.1 Å². The van der Waals surface area contributed by atoms with Crippen LogP contribution in [0.1, 0.15) is 0 Å². The third-order valence-electron chi connectivity index (χ3n) is 1.08. The number of aromatic nitrogens is 1. The zero-order valence-corrected chi connectivity index (χ0v) is 6.86. The number of halogens is 4. The predicted molar refractivity (Wildman–Crippen MR) is 40.3 cm³/mol. The van der Waals surface area contributed by atoms with E-state index in [0.717, 1.165) is 12.1 Å². The van der Waals surface area contributed by atoms with Crippen molar-refractivity contribution in [1.82, 2.24) is 4.98 Å². The largest absolute Gasteiger partial charge is 0.573 e. The molecule has 3 nitrogen and oxygen atoms in total. The first-order valence-electron chi connectivity index (χ1n) is 3.06. The van der Waals surface area contributed by atoms with Gasteiger partial charge in [0.2, 0.25) is 0 Å². The summed E-state index contributed by atoms with van der Waals surface area (Å²) in [6.07, 6.45) is -4.77. The Balaban J connectivity index is 2.90. The molecule has 0 aliphatic heterocycles. The molecule has 0 saturated carbocycles. The van der Waals surface area contributed by atoms with E-state index in [2.05, 4.69) is 9.72 Å². The molecule has 7 heteroatoms. The lowest BCUT2D eigenvalue weighted by molar-refractivity contribution is -0.274. The van der Waals surface area contributed by atoms with E-state index in [1.807, 2.05) is 0 Å². The highest BCUT2D eigenvalue weighted by molar-refractivity contribution is 6.29. The first-order valence-corrected chi connectivity index (χ1v) is 3.44. The Kier molecular flexibility index (Phi) is 2.51. The fourth-order valence-electron chi connectivity index (χ4n) is 0.648. The van der Waals surface area contributed by atoms with Crippen LogP contribution in [-0.2, 0) is 0 Å². The quantitative estimate of drug-likeness (QED) is 0.726. The smallest absolute Gasteiger partial charge is 0.402 e. The molecule has 0 bridgehead atoms. The van der Waals surface area contributed by atoms with Crippen LogP contribution in [0.5, 0.6) is 5.75 Å². The molecule has 0 spiro atoms. The highest BCUT2D eigenvalue weighted by atomic mass is 35.5. The molecule has 72 valence electrons. The van der Waals surface area contributed by atoms with E-state index in [1.165, 1.54) is 0 Å². The summed E-state index contributed by atoms with van der Waals surface area (Å²) in [5, 5.41) is 0.00650. The van der Waals surface area contributed by atoms with E-state index >= 15 is 0 Å². The monoisotopic (exact) mass is 212 g/mol.